The second kappa shape index (κ2) is 11.0. The van der Waals surface area contributed by atoms with Crippen LogP contribution in [0.4, 0.5) is 11.5 Å². The molecule has 1 N–H and O–H groups in total. The molecule has 0 amide bonds. The molecule has 0 aliphatic carbocycles. The Morgan fingerprint density at radius 1 is 1.12 bits per heavy atom. The SMILES string of the molecule is CN1CCCN(CCOc2cc3ncnc(NCCc4ccccc4)c3cc2[N+](=O)[O-])CC1. The number of fused-ring (bicyclic) bond motifs is 1. The Morgan fingerprint density at radius 3 is 2.79 bits per heavy atom. The molecule has 33 heavy (non-hydrogen) atoms. The van der Waals surface area contributed by atoms with E-state index in [-0.39, 0.29) is 11.4 Å². The molecule has 1 aliphatic rings. The molecular weight excluding hydrogens is 420 g/mol. The lowest BCUT2D eigenvalue weighted by Gasteiger charge is -2.20. The van der Waals surface area contributed by atoms with Gasteiger partial charge in [-0.2, -0.15) is 0 Å². The molecule has 4 rings (SSSR count). The van der Waals surface area contributed by atoms with Crippen LogP contribution < -0.4 is 10.1 Å². The van der Waals surface area contributed by atoms with E-state index in [4.69, 9.17) is 4.74 Å². The first-order valence-corrected chi connectivity index (χ1v) is 11.3. The summed E-state index contributed by atoms with van der Waals surface area (Å²) in [6.45, 7) is 5.89. The van der Waals surface area contributed by atoms with Crippen LogP contribution >= 0.6 is 0 Å². The van der Waals surface area contributed by atoms with Crippen molar-refractivity contribution < 1.29 is 9.66 Å². The third-order valence-corrected chi connectivity index (χ3v) is 5.94. The van der Waals surface area contributed by atoms with Crippen molar-refractivity contribution in [1.29, 1.82) is 0 Å². The number of anilines is 1. The minimum Gasteiger partial charge on any atom is -0.485 e. The van der Waals surface area contributed by atoms with Gasteiger partial charge in [-0.1, -0.05) is 30.3 Å². The predicted octanol–water partition coefficient (Wildman–Crippen LogP) is 3.21. The quantitative estimate of drug-likeness (QED) is 0.392. The normalized spacial score (nSPS) is 15.3. The second-order valence-electron chi connectivity index (χ2n) is 8.33. The first-order chi connectivity index (χ1) is 16.1. The summed E-state index contributed by atoms with van der Waals surface area (Å²) < 4.78 is 5.88. The maximum absolute atomic E-state index is 11.8. The van der Waals surface area contributed by atoms with E-state index in [0.717, 1.165) is 45.6 Å². The van der Waals surface area contributed by atoms with Gasteiger partial charge in [-0.05, 0) is 38.5 Å². The number of aromatic nitrogens is 2. The van der Waals surface area contributed by atoms with E-state index in [1.54, 1.807) is 6.07 Å². The van der Waals surface area contributed by atoms with E-state index in [1.807, 2.05) is 18.2 Å². The first-order valence-electron chi connectivity index (χ1n) is 11.3. The molecule has 1 fully saturated rings. The maximum Gasteiger partial charge on any atom is 0.311 e. The van der Waals surface area contributed by atoms with Gasteiger partial charge in [0.05, 0.1) is 10.4 Å². The zero-order valence-electron chi connectivity index (χ0n) is 18.9. The third kappa shape index (κ3) is 6.15. The van der Waals surface area contributed by atoms with Crippen LogP contribution in [-0.2, 0) is 6.42 Å². The van der Waals surface area contributed by atoms with Crippen molar-refractivity contribution in [2.24, 2.45) is 0 Å². The molecule has 0 atom stereocenters. The fraction of sp³-hybridized carbons (Fsp3) is 0.417. The summed E-state index contributed by atoms with van der Waals surface area (Å²) in [5.41, 5.74) is 1.75. The van der Waals surface area contributed by atoms with E-state index >= 15 is 0 Å². The number of benzene rings is 2. The molecular formula is C24H30N6O3. The summed E-state index contributed by atoms with van der Waals surface area (Å²) in [5, 5.41) is 15.7. The van der Waals surface area contributed by atoms with Crippen molar-refractivity contribution in [3.8, 4) is 5.75 Å². The standard InChI is InChI=1S/C24H30N6O3/c1-28-10-5-11-29(13-12-28)14-15-33-23-17-21-20(16-22(23)30(31)32)24(27-18-26-21)25-9-8-19-6-3-2-4-7-19/h2-4,6-7,16-18H,5,8-15H2,1H3,(H,25,26,27). The minimum atomic E-state index is -0.406. The van der Waals surface area contributed by atoms with Crippen molar-refractivity contribution in [1.82, 2.24) is 19.8 Å². The van der Waals surface area contributed by atoms with Crippen molar-refractivity contribution >= 4 is 22.4 Å². The highest BCUT2D eigenvalue weighted by Gasteiger charge is 2.20. The number of nitro benzene ring substituents is 1. The highest BCUT2D eigenvalue weighted by Crippen LogP contribution is 2.33. The number of ether oxygens (including phenoxy) is 1. The van der Waals surface area contributed by atoms with E-state index in [1.165, 1.54) is 18.0 Å². The third-order valence-electron chi connectivity index (χ3n) is 5.94. The van der Waals surface area contributed by atoms with Crippen LogP contribution in [0.1, 0.15) is 12.0 Å². The van der Waals surface area contributed by atoms with Crippen molar-refractivity contribution in [3.63, 3.8) is 0 Å². The number of likely N-dealkylation sites (N-methyl/N-ethyl adjacent to an activating group) is 1. The zero-order chi connectivity index (χ0) is 23.0. The van der Waals surface area contributed by atoms with Gasteiger partial charge in [0.1, 0.15) is 18.8 Å². The highest BCUT2D eigenvalue weighted by molar-refractivity contribution is 5.92. The van der Waals surface area contributed by atoms with Gasteiger partial charge in [0, 0.05) is 43.7 Å². The van der Waals surface area contributed by atoms with E-state index < -0.39 is 4.92 Å². The molecule has 0 saturated carbocycles. The maximum atomic E-state index is 11.8. The lowest BCUT2D eigenvalue weighted by molar-refractivity contribution is -0.385. The largest absolute Gasteiger partial charge is 0.485 e. The van der Waals surface area contributed by atoms with Crippen LogP contribution in [0.3, 0.4) is 0 Å². The highest BCUT2D eigenvalue weighted by atomic mass is 16.6. The molecule has 9 nitrogen and oxygen atoms in total. The molecule has 0 unspecified atom stereocenters. The molecule has 9 heteroatoms. The van der Waals surface area contributed by atoms with Gasteiger partial charge in [0.2, 0.25) is 0 Å². The summed E-state index contributed by atoms with van der Waals surface area (Å²) in [6.07, 6.45) is 3.40. The molecule has 0 spiro atoms. The summed E-state index contributed by atoms with van der Waals surface area (Å²) in [5.74, 6) is 0.827. The monoisotopic (exact) mass is 450 g/mol. The van der Waals surface area contributed by atoms with Crippen LogP contribution in [0, 0.1) is 10.1 Å². The topological polar surface area (TPSA) is 96.7 Å². The molecule has 1 saturated heterocycles. The molecule has 2 heterocycles. The van der Waals surface area contributed by atoms with Gasteiger partial charge in [-0.15, -0.1) is 0 Å². The Morgan fingerprint density at radius 2 is 1.97 bits per heavy atom. The van der Waals surface area contributed by atoms with Crippen molar-refractivity contribution in [2.45, 2.75) is 12.8 Å². The van der Waals surface area contributed by atoms with Gasteiger partial charge in [0.15, 0.2) is 5.75 Å². The van der Waals surface area contributed by atoms with Gasteiger partial charge in [-0.25, -0.2) is 9.97 Å². The molecule has 2 aromatic carbocycles. The Kier molecular flexibility index (Phi) is 7.64. The molecule has 174 valence electrons. The van der Waals surface area contributed by atoms with E-state index in [2.05, 4.69) is 44.3 Å². The van der Waals surface area contributed by atoms with E-state index in [0.29, 0.717) is 29.9 Å². The number of nitrogens with one attached hydrogen (secondary N) is 1. The average Bonchev–Trinajstić information content (AvgIpc) is 3.03. The first kappa shape index (κ1) is 22.9. The lowest BCUT2D eigenvalue weighted by Crippen LogP contribution is -2.32. The number of nitro groups is 1. The van der Waals surface area contributed by atoms with Crippen LogP contribution in [0.5, 0.6) is 5.75 Å². The van der Waals surface area contributed by atoms with Crippen LogP contribution in [-0.4, -0.2) is 77.6 Å². The Labute approximate surface area is 193 Å². The molecule has 0 bridgehead atoms. The fourth-order valence-electron chi connectivity index (χ4n) is 4.05. The van der Waals surface area contributed by atoms with Gasteiger partial charge in [0.25, 0.3) is 0 Å². The molecule has 0 radical (unpaired) electrons. The van der Waals surface area contributed by atoms with Gasteiger partial charge < -0.3 is 15.0 Å². The average molecular weight is 451 g/mol. The summed E-state index contributed by atoms with van der Waals surface area (Å²) >= 11 is 0. The van der Waals surface area contributed by atoms with Gasteiger partial charge >= 0.3 is 5.69 Å². The van der Waals surface area contributed by atoms with Crippen molar-refractivity contribution in [2.75, 3.05) is 58.2 Å². The number of rotatable bonds is 9. The molecule has 1 aliphatic heterocycles. The lowest BCUT2D eigenvalue weighted by atomic mass is 10.1. The second-order valence-corrected chi connectivity index (χ2v) is 8.33. The smallest absolute Gasteiger partial charge is 0.311 e. The molecule has 1 aromatic heterocycles. The van der Waals surface area contributed by atoms with Crippen LogP contribution in [0.2, 0.25) is 0 Å². The Hall–Kier alpha value is -3.30. The Balaban J connectivity index is 1.45. The summed E-state index contributed by atoms with van der Waals surface area (Å²) in [4.78, 5) is 24.7. The predicted molar refractivity (Wildman–Crippen MR) is 129 cm³/mol. The van der Waals surface area contributed by atoms with Gasteiger partial charge in [-0.3, -0.25) is 15.0 Å². The summed E-state index contributed by atoms with van der Waals surface area (Å²) in [7, 11) is 2.13. The molecule has 3 aromatic rings. The number of nitrogens with zero attached hydrogens (tertiary/aromatic N) is 5. The number of hydrogen-bond acceptors (Lipinski definition) is 8. The fourth-order valence-corrected chi connectivity index (χ4v) is 4.05. The van der Waals surface area contributed by atoms with Crippen LogP contribution in [0.25, 0.3) is 10.9 Å². The zero-order valence-corrected chi connectivity index (χ0v) is 18.9. The van der Waals surface area contributed by atoms with Crippen LogP contribution in [0.15, 0.2) is 48.8 Å². The Bertz CT molecular complexity index is 1080. The number of hydrogen-bond donors (Lipinski definition) is 1. The summed E-state index contributed by atoms with van der Waals surface area (Å²) in [6, 6.07) is 13.3. The van der Waals surface area contributed by atoms with E-state index in [9.17, 15) is 10.1 Å². The minimum absolute atomic E-state index is 0.0704. The van der Waals surface area contributed by atoms with Crippen molar-refractivity contribution in [3.05, 3.63) is 64.5 Å².